The van der Waals surface area contributed by atoms with Gasteiger partial charge in [-0.3, -0.25) is 4.79 Å². The van der Waals surface area contributed by atoms with Gasteiger partial charge in [0, 0.05) is 12.1 Å². The van der Waals surface area contributed by atoms with Gasteiger partial charge < -0.3 is 10.1 Å². The number of rotatable bonds is 6. The maximum Gasteiger partial charge on any atom is 0.307 e. The molecule has 16 heavy (non-hydrogen) atoms. The third-order valence-electron chi connectivity index (χ3n) is 2.18. The number of nitrogens with one attached hydrogen (secondary N) is 1. The normalized spacial score (nSPS) is 15.6. The second kappa shape index (κ2) is 6.89. The molecule has 0 aliphatic heterocycles. The fraction of sp³-hybridized carbons (Fsp3) is 0.923. The van der Waals surface area contributed by atoms with Crippen LogP contribution in [0.25, 0.3) is 0 Å². The molecule has 0 aromatic heterocycles. The summed E-state index contributed by atoms with van der Waals surface area (Å²) in [6.45, 7) is 12.0. The molecular formula is C13H27NO2. The molecule has 0 aromatic rings. The Bertz CT molecular complexity index is 208. The summed E-state index contributed by atoms with van der Waals surface area (Å²) in [5, 5.41) is 3.40. The summed E-state index contributed by atoms with van der Waals surface area (Å²) >= 11 is 0. The van der Waals surface area contributed by atoms with E-state index in [-0.39, 0.29) is 17.6 Å². The lowest BCUT2D eigenvalue weighted by Gasteiger charge is -2.23. The molecule has 96 valence electrons. The lowest BCUT2D eigenvalue weighted by atomic mass is 10.1. The highest BCUT2D eigenvalue weighted by Crippen LogP contribution is 2.09. The summed E-state index contributed by atoms with van der Waals surface area (Å²) in [6, 6.07) is 0.638. The van der Waals surface area contributed by atoms with Crippen LogP contribution in [0.2, 0.25) is 0 Å². The van der Waals surface area contributed by atoms with Gasteiger partial charge in [0.05, 0.1) is 6.42 Å². The minimum Gasteiger partial charge on any atom is -0.460 e. The third-order valence-corrected chi connectivity index (χ3v) is 2.18. The summed E-state index contributed by atoms with van der Waals surface area (Å²) < 4.78 is 5.27. The molecule has 0 spiro atoms. The zero-order valence-electron chi connectivity index (χ0n) is 11.6. The highest BCUT2D eigenvalue weighted by molar-refractivity contribution is 5.70. The first-order valence-electron chi connectivity index (χ1n) is 6.22. The zero-order valence-corrected chi connectivity index (χ0v) is 11.6. The summed E-state index contributed by atoms with van der Waals surface area (Å²) in [6.07, 6.45) is 2.73. The minimum atomic E-state index is -0.383. The van der Waals surface area contributed by atoms with Crippen molar-refractivity contribution >= 4 is 5.97 Å². The second-order valence-corrected chi connectivity index (χ2v) is 5.55. The van der Waals surface area contributed by atoms with E-state index in [2.05, 4.69) is 19.2 Å². The molecule has 0 saturated carbocycles. The molecule has 0 aromatic carbocycles. The third kappa shape index (κ3) is 8.72. The van der Waals surface area contributed by atoms with Crippen molar-refractivity contribution in [3.63, 3.8) is 0 Å². The molecule has 0 aliphatic rings. The first-order chi connectivity index (χ1) is 7.24. The first-order valence-corrected chi connectivity index (χ1v) is 6.22. The average molecular weight is 229 g/mol. The average Bonchev–Trinajstić information content (AvgIpc) is 1.98. The van der Waals surface area contributed by atoms with Crippen LogP contribution in [0.3, 0.4) is 0 Å². The molecule has 0 aliphatic carbocycles. The van der Waals surface area contributed by atoms with Crippen molar-refractivity contribution in [3.05, 3.63) is 0 Å². The Hall–Kier alpha value is -0.570. The van der Waals surface area contributed by atoms with Crippen LogP contribution in [0.1, 0.15) is 60.8 Å². The van der Waals surface area contributed by atoms with E-state index < -0.39 is 0 Å². The van der Waals surface area contributed by atoms with Gasteiger partial charge in [0.15, 0.2) is 0 Å². The molecule has 3 nitrogen and oxygen atoms in total. The van der Waals surface area contributed by atoms with E-state index >= 15 is 0 Å². The van der Waals surface area contributed by atoms with Crippen LogP contribution in [0.5, 0.6) is 0 Å². The smallest absolute Gasteiger partial charge is 0.307 e. The molecule has 0 saturated heterocycles. The molecule has 0 radical (unpaired) electrons. The molecule has 2 unspecified atom stereocenters. The monoisotopic (exact) mass is 229 g/mol. The van der Waals surface area contributed by atoms with Crippen LogP contribution in [0, 0.1) is 0 Å². The number of ether oxygens (including phenoxy) is 1. The van der Waals surface area contributed by atoms with Crippen molar-refractivity contribution in [2.75, 3.05) is 0 Å². The highest BCUT2D eigenvalue weighted by Gasteiger charge is 2.18. The Balaban J connectivity index is 3.87. The van der Waals surface area contributed by atoms with E-state index in [0.717, 1.165) is 12.8 Å². The Morgan fingerprint density at radius 2 is 1.81 bits per heavy atom. The molecule has 2 atom stereocenters. The van der Waals surface area contributed by atoms with Gasteiger partial charge in [-0.1, -0.05) is 13.3 Å². The number of carbonyl (C=O) groups is 1. The molecule has 3 heteroatoms. The number of hydrogen-bond acceptors (Lipinski definition) is 3. The molecule has 0 fully saturated rings. The van der Waals surface area contributed by atoms with Crippen LogP contribution >= 0.6 is 0 Å². The van der Waals surface area contributed by atoms with E-state index in [1.807, 2.05) is 27.7 Å². The Labute approximate surface area is 99.9 Å². The quantitative estimate of drug-likeness (QED) is 0.712. The summed E-state index contributed by atoms with van der Waals surface area (Å²) in [5.74, 6) is -0.129. The van der Waals surface area contributed by atoms with Gasteiger partial charge in [-0.05, 0) is 41.0 Å². The topological polar surface area (TPSA) is 38.3 Å². The highest BCUT2D eigenvalue weighted by atomic mass is 16.6. The van der Waals surface area contributed by atoms with Crippen LogP contribution in [-0.2, 0) is 9.53 Å². The van der Waals surface area contributed by atoms with Crippen LogP contribution in [0.15, 0.2) is 0 Å². The number of hydrogen-bond donors (Lipinski definition) is 1. The minimum absolute atomic E-state index is 0.129. The summed E-state index contributed by atoms with van der Waals surface area (Å²) in [7, 11) is 0. The molecule has 0 bridgehead atoms. The maximum absolute atomic E-state index is 11.5. The van der Waals surface area contributed by atoms with Gasteiger partial charge in [-0.25, -0.2) is 0 Å². The Kier molecular flexibility index (Phi) is 6.65. The van der Waals surface area contributed by atoms with Gasteiger partial charge >= 0.3 is 5.97 Å². The fourth-order valence-electron chi connectivity index (χ4n) is 1.69. The van der Waals surface area contributed by atoms with Gasteiger partial charge in [0.2, 0.25) is 0 Å². The van der Waals surface area contributed by atoms with E-state index in [1.54, 1.807) is 0 Å². The SMILES string of the molecule is CCCC(C)NC(C)CC(=O)OC(C)(C)C. The van der Waals surface area contributed by atoms with Gasteiger partial charge in [-0.15, -0.1) is 0 Å². The summed E-state index contributed by atoms with van der Waals surface area (Å²) in [4.78, 5) is 11.5. The van der Waals surface area contributed by atoms with E-state index in [9.17, 15) is 4.79 Å². The molecule has 0 rings (SSSR count). The van der Waals surface area contributed by atoms with Crippen molar-refractivity contribution in [1.82, 2.24) is 5.32 Å². The molecular weight excluding hydrogens is 202 g/mol. The van der Waals surface area contributed by atoms with Crippen LogP contribution in [0.4, 0.5) is 0 Å². The van der Waals surface area contributed by atoms with E-state index in [1.165, 1.54) is 0 Å². The lowest BCUT2D eigenvalue weighted by Crippen LogP contribution is -2.37. The van der Waals surface area contributed by atoms with Gasteiger partial charge in [0.1, 0.15) is 5.60 Å². The van der Waals surface area contributed by atoms with Gasteiger partial charge in [0.25, 0.3) is 0 Å². The molecule has 0 amide bonds. The van der Waals surface area contributed by atoms with Crippen molar-refractivity contribution in [3.8, 4) is 0 Å². The predicted octanol–water partition coefficient (Wildman–Crippen LogP) is 2.88. The van der Waals surface area contributed by atoms with Gasteiger partial charge in [-0.2, -0.15) is 0 Å². The second-order valence-electron chi connectivity index (χ2n) is 5.55. The Morgan fingerprint density at radius 3 is 2.25 bits per heavy atom. The zero-order chi connectivity index (χ0) is 12.8. The van der Waals surface area contributed by atoms with Crippen molar-refractivity contribution < 1.29 is 9.53 Å². The van der Waals surface area contributed by atoms with Crippen molar-refractivity contribution in [2.45, 2.75) is 78.5 Å². The largest absolute Gasteiger partial charge is 0.460 e. The van der Waals surface area contributed by atoms with Crippen molar-refractivity contribution in [2.24, 2.45) is 0 Å². The molecule has 1 N–H and O–H groups in total. The number of esters is 1. The lowest BCUT2D eigenvalue weighted by molar-refractivity contribution is -0.155. The maximum atomic E-state index is 11.5. The first kappa shape index (κ1) is 15.4. The predicted molar refractivity (Wildman–Crippen MR) is 67.4 cm³/mol. The number of carbonyl (C=O) groups excluding carboxylic acids is 1. The van der Waals surface area contributed by atoms with Crippen LogP contribution in [-0.4, -0.2) is 23.7 Å². The fourth-order valence-corrected chi connectivity index (χ4v) is 1.69. The van der Waals surface area contributed by atoms with E-state index in [0.29, 0.717) is 12.5 Å². The molecule has 0 heterocycles. The van der Waals surface area contributed by atoms with Crippen LogP contribution < -0.4 is 5.32 Å². The van der Waals surface area contributed by atoms with E-state index in [4.69, 9.17) is 4.74 Å². The summed E-state index contributed by atoms with van der Waals surface area (Å²) in [5.41, 5.74) is -0.383. The van der Waals surface area contributed by atoms with Crippen molar-refractivity contribution in [1.29, 1.82) is 0 Å². The Morgan fingerprint density at radius 1 is 1.25 bits per heavy atom. The standard InChI is InChI=1S/C13H27NO2/c1-7-8-10(2)14-11(3)9-12(15)16-13(4,5)6/h10-11,14H,7-9H2,1-6H3.